The van der Waals surface area contributed by atoms with Crippen LogP contribution in [-0.2, 0) is 11.8 Å². The molecule has 0 unspecified atom stereocenters. The average Bonchev–Trinajstić information content (AvgIpc) is 3.06. The highest BCUT2D eigenvalue weighted by Crippen LogP contribution is 2.55. The molecule has 0 atom stereocenters. The van der Waals surface area contributed by atoms with Crippen molar-refractivity contribution in [1.29, 1.82) is 0 Å². The highest BCUT2D eigenvalue weighted by molar-refractivity contribution is 6.06. The van der Waals surface area contributed by atoms with E-state index in [1.54, 1.807) is 6.33 Å². The maximum atomic E-state index is 4.91. The summed E-state index contributed by atoms with van der Waals surface area (Å²) in [4.78, 5) is 9.80. The SMILES string of the molecule is CC(C)(C)Cc1cc2ccccc2c2c1C(C)(C)c1ncnc(-c3ccc4ccccc4c3)c1-2. The van der Waals surface area contributed by atoms with Gasteiger partial charge in [0.05, 0.1) is 11.4 Å². The molecule has 2 nitrogen and oxygen atoms in total. The summed E-state index contributed by atoms with van der Waals surface area (Å²) in [5, 5.41) is 5.06. The number of hydrogen-bond acceptors (Lipinski definition) is 2. The van der Waals surface area contributed by atoms with Gasteiger partial charge in [-0.15, -0.1) is 0 Å². The molecule has 1 heterocycles. The Kier molecular flexibility index (Phi) is 4.48. The lowest BCUT2D eigenvalue weighted by atomic mass is 9.77. The fourth-order valence-electron chi connectivity index (χ4n) is 5.86. The summed E-state index contributed by atoms with van der Waals surface area (Å²) in [6.07, 6.45) is 2.78. The van der Waals surface area contributed by atoms with Gasteiger partial charge in [-0.3, -0.25) is 0 Å². The van der Waals surface area contributed by atoms with Gasteiger partial charge in [-0.1, -0.05) is 101 Å². The van der Waals surface area contributed by atoms with Crippen LogP contribution in [0.3, 0.4) is 0 Å². The van der Waals surface area contributed by atoms with Crippen molar-refractivity contribution >= 4 is 21.5 Å². The molecule has 0 saturated carbocycles. The summed E-state index contributed by atoms with van der Waals surface area (Å²) < 4.78 is 0. The Labute approximate surface area is 201 Å². The maximum Gasteiger partial charge on any atom is 0.116 e. The quantitative estimate of drug-likeness (QED) is 0.274. The lowest BCUT2D eigenvalue weighted by Gasteiger charge is -2.27. The van der Waals surface area contributed by atoms with E-state index in [9.17, 15) is 0 Å². The molecule has 1 aliphatic rings. The molecule has 0 bridgehead atoms. The van der Waals surface area contributed by atoms with Crippen LogP contribution in [0.1, 0.15) is 51.4 Å². The molecule has 0 fully saturated rings. The van der Waals surface area contributed by atoms with Gasteiger partial charge in [0.25, 0.3) is 0 Å². The fourth-order valence-corrected chi connectivity index (χ4v) is 5.86. The predicted octanol–water partition coefficient (Wildman–Crippen LogP) is 8.34. The second-order valence-corrected chi connectivity index (χ2v) is 11.4. The smallest absolute Gasteiger partial charge is 0.116 e. The first-order valence-electron chi connectivity index (χ1n) is 12.1. The molecule has 2 heteroatoms. The van der Waals surface area contributed by atoms with E-state index >= 15 is 0 Å². The summed E-state index contributed by atoms with van der Waals surface area (Å²) in [5.74, 6) is 0. The second kappa shape index (κ2) is 7.24. The highest BCUT2D eigenvalue weighted by Gasteiger charge is 2.42. The van der Waals surface area contributed by atoms with E-state index in [1.165, 1.54) is 43.8 Å². The molecule has 1 aliphatic carbocycles. The van der Waals surface area contributed by atoms with Crippen LogP contribution in [0.2, 0.25) is 0 Å². The average molecular weight is 443 g/mol. The molecule has 0 amide bonds. The van der Waals surface area contributed by atoms with Crippen LogP contribution in [0.25, 0.3) is 43.9 Å². The van der Waals surface area contributed by atoms with Crippen molar-refractivity contribution in [2.75, 3.05) is 0 Å². The van der Waals surface area contributed by atoms with E-state index < -0.39 is 0 Å². The van der Waals surface area contributed by atoms with Crippen molar-refractivity contribution < 1.29 is 0 Å². The van der Waals surface area contributed by atoms with Crippen LogP contribution in [0, 0.1) is 5.41 Å². The van der Waals surface area contributed by atoms with Gasteiger partial charge in [-0.25, -0.2) is 9.97 Å². The summed E-state index contributed by atoms with van der Waals surface area (Å²) in [7, 11) is 0. The van der Waals surface area contributed by atoms with E-state index in [0.29, 0.717) is 0 Å². The minimum absolute atomic E-state index is 0.188. The van der Waals surface area contributed by atoms with Gasteiger partial charge in [0.1, 0.15) is 6.33 Å². The molecule has 0 spiro atoms. The topological polar surface area (TPSA) is 25.8 Å². The molecule has 0 aliphatic heterocycles. The van der Waals surface area contributed by atoms with E-state index in [2.05, 4.69) is 107 Å². The number of fused-ring (bicyclic) bond motifs is 6. The normalized spacial score (nSPS) is 14.4. The number of nitrogens with zero attached hydrogens (tertiary/aromatic N) is 2. The van der Waals surface area contributed by atoms with Gasteiger partial charge in [-0.05, 0) is 56.1 Å². The van der Waals surface area contributed by atoms with Crippen molar-refractivity contribution in [3.63, 3.8) is 0 Å². The summed E-state index contributed by atoms with van der Waals surface area (Å²) in [6, 6.07) is 26.4. The van der Waals surface area contributed by atoms with Crippen molar-refractivity contribution in [3.8, 4) is 22.4 Å². The Morgan fingerprint density at radius 2 is 1.44 bits per heavy atom. The van der Waals surface area contributed by atoms with E-state index in [4.69, 9.17) is 9.97 Å². The van der Waals surface area contributed by atoms with E-state index in [1.807, 2.05) is 0 Å². The van der Waals surface area contributed by atoms with E-state index in [0.717, 1.165) is 23.4 Å². The Balaban J connectivity index is 1.71. The van der Waals surface area contributed by atoms with E-state index in [-0.39, 0.29) is 10.8 Å². The molecular weight excluding hydrogens is 412 g/mol. The minimum atomic E-state index is -0.191. The molecule has 168 valence electrons. The van der Waals surface area contributed by atoms with Crippen LogP contribution in [0.4, 0.5) is 0 Å². The molecule has 0 N–H and O–H groups in total. The molecule has 1 aromatic heterocycles. The molecule has 34 heavy (non-hydrogen) atoms. The molecule has 0 radical (unpaired) electrons. The monoisotopic (exact) mass is 442 g/mol. The molecule has 4 aromatic carbocycles. The zero-order valence-electron chi connectivity index (χ0n) is 20.6. The number of benzene rings is 4. The predicted molar refractivity (Wildman–Crippen MR) is 143 cm³/mol. The van der Waals surface area contributed by atoms with Gasteiger partial charge in [0.2, 0.25) is 0 Å². The third kappa shape index (κ3) is 3.16. The first-order valence-corrected chi connectivity index (χ1v) is 12.1. The molecule has 0 saturated heterocycles. The van der Waals surface area contributed by atoms with Gasteiger partial charge in [-0.2, -0.15) is 0 Å². The summed E-state index contributed by atoms with van der Waals surface area (Å²) in [6.45, 7) is 11.6. The summed E-state index contributed by atoms with van der Waals surface area (Å²) in [5.41, 5.74) is 8.66. The molecule has 6 rings (SSSR count). The highest BCUT2D eigenvalue weighted by atomic mass is 14.9. The van der Waals surface area contributed by atoms with Crippen molar-refractivity contribution in [2.45, 2.75) is 46.5 Å². The zero-order chi connectivity index (χ0) is 23.7. The largest absolute Gasteiger partial charge is 0.240 e. The number of aromatic nitrogens is 2. The second-order valence-electron chi connectivity index (χ2n) is 11.4. The molecular formula is C32H30N2. The van der Waals surface area contributed by atoms with Crippen LogP contribution in [0.15, 0.2) is 79.1 Å². The first kappa shape index (κ1) is 21.0. The minimum Gasteiger partial charge on any atom is -0.240 e. The lowest BCUT2D eigenvalue weighted by Crippen LogP contribution is -2.21. The van der Waals surface area contributed by atoms with Gasteiger partial charge in [0, 0.05) is 16.5 Å². The van der Waals surface area contributed by atoms with Crippen molar-refractivity contribution in [2.24, 2.45) is 5.41 Å². The third-order valence-corrected chi connectivity index (χ3v) is 7.19. The lowest BCUT2D eigenvalue weighted by molar-refractivity contribution is 0.408. The van der Waals surface area contributed by atoms with Crippen molar-refractivity contribution in [1.82, 2.24) is 9.97 Å². The van der Waals surface area contributed by atoms with Gasteiger partial charge in [0.15, 0.2) is 0 Å². The Morgan fingerprint density at radius 1 is 0.735 bits per heavy atom. The summed E-state index contributed by atoms with van der Waals surface area (Å²) >= 11 is 0. The Morgan fingerprint density at radius 3 is 2.21 bits per heavy atom. The number of hydrogen-bond donors (Lipinski definition) is 0. The van der Waals surface area contributed by atoms with Crippen LogP contribution in [-0.4, -0.2) is 9.97 Å². The third-order valence-electron chi connectivity index (χ3n) is 7.19. The first-order chi connectivity index (χ1) is 16.2. The Hall–Kier alpha value is -3.52. The van der Waals surface area contributed by atoms with Crippen LogP contribution < -0.4 is 0 Å². The Bertz CT molecular complexity index is 1580. The van der Waals surface area contributed by atoms with Gasteiger partial charge < -0.3 is 0 Å². The number of rotatable bonds is 2. The van der Waals surface area contributed by atoms with Gasteiger partial charge >= 0.3 is 0 Å². The maximum absolute atomic E-state index is 4.91. The standard InChI is InChI=1S/C32H30N2/c1-31(2,3)18-24-17-22-12-8-9-13-25(22)26-27-29(33-19-34-30(27)32(4,5)28(24)26)23-15-14-20-10-6-7-11-21(20)16-23/h6-17,19H,18H2,1-5H3. The van der Waals surface area contributed by atoms with Crippen molar-refractivity contribution in [3.05, 3.63) is 95.9 Å². The van der Waals surface area contributed by atoms with Crippen LogP contribution in [0.5, 0.6) is 0 Å². The zero-order valence-corrected chi connectivity index (χ0v) is 20.6. The fraction of sp³-hybridized carbons (Fsp3) is 0.250. The van der Waals surface area contributed by atoms with Crippen LogP contribution >= 0.6 is 0 Å². The molecule has 5 aromatic rings.